The van der Waals surface area contributed by atoms with Crippen LogP contribution in [0.3, 0.4) is 0 Å². The molecule has 0 aliphatic carbocycles. The van der Waals surface area contributed by atoms with Gasteiger partial charge in [-0.1, -0.05) is 11.3 Å². The van der Waals surface area contributed by atoms with Crippen molar-refractivity contribution in [2.45, 2.75) is 23.7 Å². The van der Waals surface area contributed by atoms with Gasteiger partial charge in [0.05, 0.1) is 4.90 Å². The zero-order valence-electron chi connectivity index (χ0n) is 17.2. The Morgan fingerprint density at radius 1 is 1.20 bits per heavy atom. The molecule has 0 radical (unpaired) electrons. The molecule has 2 heterocycles. The van der Waals surface area contributed by atoms with Crippen LogP contribution in [-0.2, 0) is 24.4 Å². The number of carbonyl (C=O) groups is 3. The molecule has 2 N–H and O–H groups in total. The molecular weight excluding hydrogens is 587 g/mol. The number of carboxylic acids is 1. The van der Waals surface area contributed by atoms with Crippen molar-refractivity contribution in [2.24, 2.45) is 0 Å². The molecule has 0 saturated carbocycles. The lowest BCUT2D eigenvalue weighted by Crippen LogP contribution is -2.59. The molecule has 18 heteroatoms. The number of aliphatic carboxylic acids is 1. The van der Waals surface area contributed by atoms with Gasteiger partial charge >= 0.3 is 12.3 Å². The summed E-state index contributed by atoms with van der Waals surface area (Å²) in [5.41, 5.74) is 0. The Morgan fingerprint density at radius 3 is 2.40 bits per heavy atom. The molecule has 12 nitrogen and oxygen atoms in total. The summed E-state index contributed by atoms with van der Waals surface area (Å²) in [4.78, 5) is 37.0. The van der Waals surface area contributed by atoms with E-state index < -0.39 is 70.4 Å². The minimum Gasteiger partial charge on any atom is -0.480 e. The first-order valence-electron chi connectivity index (χ1n) is 9.43. The smallest absolute Gasteiger partial charge is 0.480 e. The maximum absolute atomic E-state index is 13.0. The predicted octanol–water partition coefficient (Wildman–Crippen LogP) is 1.51. The summed E-state index contributed by atoms with van der Waals surface area (Å²) < 4.78 is 67.6. The van der Waals surface area contributed by atoms with Gasteiger partial charge in [-0.05, 0) is 40.2 Å². The molecule has 1 saturated heterocycles. The quantitative estimate of drug-likeness (QED) is 0.448. The number of anilines is 1. The van der Waals surface area contributed by atoms with Crippen molar-refractivity contribution in [3.63, 3.8) is 0 Å². The zero-order valence-corrected chi connectivity index (χ0v) is 20.4. The van der Waals surface area contributed by atoms with Crippen molar-refractivity contribution in [1.82, 2.24) is 19.4 Å². The first-order chi connectivity index (χ1) is 16.3. The predicted molar refractivity (Wildman–Crippen MR) is 116 cm³/mol. The molecule has 190 valence electrons. The van der Waals surface area contributed by atoms with Crippen molar-refractivity contribution in [2.75, 3.05) is 25.0 Å². The minimum absolute atomic E-state index is 0.139. The van der Waals surface area contributed by atoms with Gasteiger partial charge < -0.3 is 20.1 Å². The largest absolute Gasteiger partial charge is 0.573 e. The highest BCUT2D eigenvalue weighted by Gasteiger charge is 2.41. The van der Waals surface area contributed by atoms with Crippen molar-refractivity contribution >= 4 is 60.2 Å². The summed E-state index contributed by atoms with van der Waals surface area (Å²) in [6.45, 7) is -1.17. The number of aromatic nitrogens is 2. The second-order valence-corrected chi connectivity index (χ2v) is 11.1. The highest BCUT2D eigenvalue weighted by atomic mass is 79.9. The number of carboxylic acid groups (broad SMARTS) is 1. The Bertz CT molecular complexity index is 1220. The summed E-state index contributed by atoms with van der Waals surface area (Å²) >= 11 is 4.08. The molecule has 2 amide bonds. The van der Waals surface area contributed by atoms with E-state index in [0.29, 0.717) is 8.22 Å². The molecule has 1 aliphatic rings. The van der Waals surface area contributed by atoms with Gasteiger partial charge in [0.25, 0.3) is 0 Å². The number of carbonyl (C=O) groups excluding carboxylic acids is 2. The lowest BCUT2D eigenvalue weighted by atomic mass is 10.2. The van der Waals surface area contributed by atoms with Crippen LogP contribution in [0, 0.1) is 0 Å². The Morgan fingerprint density at radius 2 is 1.86 bits per heavy atom. The average molecular weight is 602 g/mol. The lowest BCUT2D eigenvalue weighted by Gasteiger charge is -2.38. The van der Waals surface area contributed by atoms with Gasteiger partial charge in [-0.25, -0.2) is 8.42 Å². The average Bonchev–Trinajstić information content (AvgIpc) is 3.16. The highest BCUT2D eigenvalue weighted by molar-refractivity contribution is 9.11. The van der Waals surface area contributed by atoms with Crippen LogP contribution in [0.1, 0.15) is 6.42 Å². The number of benzene rings is 1. The van der Waals surface area contributed by atoms with Gasteiger partial charge in [-0.3, -0.25) is 14.4 Å². The molecule has 0 bridgehead atoms. The summed E-state index contributed by atoms with van der Waals surface area (Å²) in [6.07, 6.45) is -5.61. The number of hydrogen-bond acceptors (Lipinski definition) is 9. The van der Waals surface area contributed by atoms with Crippen molar-refractivity contribution in [3.05, 3.63) is 28.2 Å². The van der Waals surface area contributed by atoms with E-state index in [-0.39, 0.29) is 11.7 Å². The first kappa shape index (κ1) is 26.8. The second-order valence-electron chi connectivity index (χ2n) is 6.91. The van der Waals surface area contributed by atoms with E-state index in [1.807, 2.05) is 0 Å². The summed E-state index contributed by atoms with van der Waals surface area (Å²) in [7, 11) is -4.45. The van der Waals surface area contributed by atoms with Crippen LogP contribution >= 0.6 is 27.3 Å². The Balaban J connectivity index is 1.69. The SMILES string of the molecule is O=C(CC(=O)N1CCN(S(=O)(=O)c2ccc(OC(F)(F)F)cc2)[C@@H](C(=O)O)C1)Nc1nnc(Br)s1. The third-order valence-electron chi connectivity index (χ3n) is 4.59. The summed E-state index contributed by atoms with van der Waals surface area (Å²) in [5, 5.41) is 19.4. The molecule has 1 aliphatic heterocycles. The standard InChI is InChI=1S/C17H15BrF3N5O7S2/c18-15-23-24-16(34-15)22-12(27)7-13(28)25-5-6-26(11(8-25)14(29)30)35(31,32)10-3-1-9(2-4-10)33-17(19,20)21/h1-4,11H,5-8H2,(H,29,30)(H,22,24,27)/t11-/m1/s1. The minimum atomic E-state index is -4.97. The number of sulfonamides is 1. The molecule has 1 fully saturated rings. The maximum atomic E-state index is 13.0. The maximum Gasteiger partial charge on any atom is 0.573 e. The van der Waals surface area contributed by atoms with E-state index in [0.717, 1.165) is 40.5 Å². The molecule has 0 unspecified atom stereocenters. The first-order valence-corrected chi connectivity index (χ1v) is 12.5. The summed E-state index contributed by atoms with van der Waals surface area (Å²) in [5.74, 6) is -3.66. The fourth-order valence-electron chi connectivity index (χ4n) is 3.10. The van der Waals surface area contributed by atoms with Crippen LogP contribution in [0.4, 0.5) is 18.3 Å². The van der Waals surface area contributed by atoms with E-state index in [2.05, 4.69) is 36.2 Å². The number of ether oxygens (including phenoxy) is 1. The van der Waals surface area contributed by atoms with Gasteiger partial charge in [0, 0.05) is 19.6 Å². The molecule has 1 atom stereocenters. The van der Waals surface area contributed by atoms with E-state index in [4.69, 9.17) is 0 Å². The van der Waals surface area contributed by atoms with E-state index in [1.54, 1.807) is 0 Å². The van der Waals surface area contributed by atoms with Crippen LogP contribution in [0.15, 0.2) is 33.1 Å². The molecular formula is C17H15BrF3N5O7S2. The molecule has 0 spiro atoms. The lowest BCUT2D eigenvalue weighted by molar-refractivity contribution is -0.274. The molecule has 1 aromatic heterocycles. The van der Waals surface area contributed by atoms with E-state index >= 15 is 0 Å². The zero-order chi connectivity index (χ0) is 26.0. The Kier molecular flexibility index (Phi) is 7.97. The van der Waals surface area contributed by atoms with Gasteiger partial charge in [0.2, 0.25) is 27.0 Å². The number of nitrogens with one attached hydrogen (secondary N) is 1. The number of hydrogen-bond donors (Lipinski definition) is 2. The van der Waals surface area contributed by atoms with Crippen LogP contribution in [0.5, 0.6) is 5.75 Å². The third kappa shape index (κ3) is 6.86. The van der Waals surface area contributed by atoms with Crippen LogP contribution in [0.25, 0.3) is 0 Å². The number of amides is 2. The van der Waals surface area contributed by atoms with E-state index in [1.165, 1.54) is 0 Å². The van der Waals surface area contributed by atoms with Gasteiger partial charge in [0.15, 0.2) is 3.92 Å². The normalized spacial score (nSPS) is 17.1. The fraction of sp³-hybridized carbons (Fsp3) is 0.353. The fourth-order valence-corrected chi connectivity index (χ4v) is 5.69. The molecule has 35 heavy (non-hydrogen) atoms. The topological polar surface area (TPSA) is 159 Å². The second kappa shape index (κ2) is 10.4. The highest BCUT2D eigenvalue weighted by Crippen LogP contribution is 2.27. The number of piperazine rings is 1. The number of alkyl halides is 3. The van der Waals surface area contributed by atoms with Crippen LogP contribution in [0.2, 0.25) is 0 Å². The van der Waals surface area contributed by atoms with E-state index in [9.17, 15) is 41.1 Å². The Hall–Kier alpha value is -2.83. The van der Waals surface area contributed by atoms with Gasteiger partial charge in [-0.2, -0.15) is 4.31 Å². The molecule has 3 rings (SSSR count). The number of rotatable bonds is 7. The van der Waals surface area contributed by atoms with Crippen molar-refractivity contribution < 1.29 is 45.8 Å². The van der Waals surface area contributed by atoms with Gasteiger partial charge in [0.1, 0.15) is 18.2 Å². The third-order valence-corrected chi connectivity index (χ3v) is 7.79. The Labute approximate surface area is 207 Å². The van der Waals surface area contributed by atoms with Crippen molar-refractivity contribution in [3.8, 4) is 5.75 Å². The van der Waals surface area contributed by atoms with Gasteiger partial charge in [-0.15, -0.1) is 23.4 Å². The van der Waals surface area contributed by atoms with Crippen molar-refractivity contribution in [1.29, 1.82) is 0 Å². The number of halogens is 4. The van der Waals surface area contributed by atoms with Crippen LogP contribution in [-0.4, -0.2) is 82.7 Å². The van der Waals surface area contributed by atoms with Crippen LogP contribution < -0.4 is 10.1 Å². The molecule has 2 aromatic rings. The monoisotopic (exact) mass is 601 g/mol. The summed E-state index contributed by atoms with van der Waals surface area (Å²) in [6, 6.07) is 1.58. The molecule has 1 aromatic carbocycles. The number of nitrogens with zero attached hydrogens (tertiary/aromatic N) is 4.